The minimum absolute atomic E-state index is 0.184. The van der Waals surface area contributed by atoms with Crippen LogP contribution in [0.15, 0.2) is 24.3 Å². The number of carbonyl (C=O) groups excluding carboxylic acids is 3. The van der Waals surface area contributed by atoms with E-state index in [-0.39, 0.29) is 34.5 Å². The molecule has 10 heteroatoms. The van der Waals surface area contributed by atoms with E-state index in [1.54, 1.807) is 13.8 Å². The molecular weight excluding hydrogens is 452 g/mol. The lowest BCUT2D eigenvalue weighted by molar-refractivity contribution is -0.117. The molecule has 1 aromatic heterocycles. The highest BCUT2D eigenvalue weighted by Gasteiger charge is 2.26. The van der Waals surface area contributed by atoms with Crippen molar-refractivity contribution in [1.29, 1.82) is 0 Å². The maximum Gasteiger partial charge on any atom is 0.341 e. The number of halogens is 1. The quantitative estimate of drug-likeness (QED) is 0.565. The van der Waals surface area contributed by atoms with Crippen molar-refractivity contribution in [3.05, 3.63) is 50.9 Å². The van der Waals surface area contributed by atoms with Gasteiger partial charge in [0.2, 0.25) is 5.91 Å². The number of nitrogens with two attached hydrogens (primary N) is 1. The number of thiophene rings is 1. The molecule has 172 valence electrons. The van der Waals surface area contributed by atoms with Crippen molar-refractivity contribution in [2.45, 2.75) is 20.4 Å². The Kier molecular flexibility index (Phi) is 8.25. The second-order valence-electron chi connectivity index (χ2n) is 7.54. The first-order valence-electron chi connectivity index (χ1n) is 10.4. The molecule has 3 N–H and O–H groups in total. The van der Waals surface area contributed by atoms with Gasteiger partial charge in [-0.1, -0.05) is 29.8 Å². The molecule has 2 heterocycles. The van der Waals surface area contributed by atoms with Crippen LogP contribution in [0.3, 0.4) is 0 Å². The van der Waals surface area contributed by atoms with Crippen LogP contribution in [0.2, 0.25) is 5.02 Å². The summed E-state index contributed by atoms with van der Waals surface area (Å²) in [6, 6.07) is 7.80. The highest BCUT2D eigenvalue weighted by Crippen LogP contribution is 2.33. The van der Waals surface area contributed by atoms with E-state index >= 15 is 0 Å². The van der Waals surface area contributed by atoms with Crippen LogP contribution in [0.25, 0.3) is 0 Å². The number of nitrogens with zero attached hydrogens (tertiary/aromatic N) is 2. The van der Waals surface area contributed by atoms with Gasteiger partial charge in [0, 0.05) is 37.7 Å². The molecule has 0 spiro atoms. The van der Waals surface area contributed by atoms with Crippen molar-refractivity contribution in [1.82, 2.24) is 9.80 Å². The maximum atomic E-state index is 12.7. The van der Waals surface area contributed by atoms with Gasteiger partial charge < -0.3 is 15.8 Å². The molecule has 0 radical (unpaired) electrons. The number of ether oxygens (including phenoxy) is 1. The number of amides is 2. The van der Waals surface area contributed by atoms with Gasteiger partial charge in [0.05, 0.1) is 23.6 Å². The molecule has 1 fully saturated rings. The van der Waals surface area contributed by atoms with E-state index < -0.39 is 11.9 Å². The second kappa shape index (κ2) is 10.9. The van der Waals surface area contributed by atoms with Gasteiger partial charge in [0.1, 0.15) is 5.00 Å². The van der Waals surface area contributed by atoms with Crippen LogP contribution >= 0.6 is 22.9 Å². The normalized spacial score (nSPS) is 14.8. The predicted molar refractivity (Wildman–Crippen MR) is 125 cm³/mol. The van der Waals surface area contributed by atoms with Crippen LogP contribution in [0, 0.1) is 6.92 Å². The molecule has 1 aliphatic rings. The first-order chi connectivity index (χ1) is 15.3. The van der Waals surface area contributed by atoms with Gasteiger partial charge in [-0.15, -0.1) is 11.3 Å². The molecule has 1 aromatic carbocycles. The topological polar surface area (TPSA) is 105 Å². The summed E-state index contributed by atoms with van der Waals surface area (Å²) >= 11 is 7.25. The van der Waals surface area contributed by atoms with Crippen molar-refractivity contribution < 1.29 is 19.1 Å². The Labute approximate surface area is 196 Å². The SMILES string of the molecule is CCOC(=O)c1c(NC(=O)CN2CCN(Cc3ccccc3Cl)CC2)sc(C(N)=O)c1C. The van der Waals surface area contributed by atoms with E-state index in [2.05, 4.69) is 15.1 Å². The number of esters is 1. The molecule has 0 saturated carbocycles. The van der Waals surface area contributed by atoms with Gasteiger partial charge in [-0.2, -0.15) is 0 Å². The number of primary amides is 1. The third-order valence-electron chi connectivity index (χ3n) is 5.29. The van der Waals surface area contributed by atoms with Crippen molar-refractivity contribution in [2.24, 2.45) is 5.73 Å². The number of hydrogen-bond donors (Lipinski definition) is 2. The molecule has 2 amide bonds. The number of anilines is 1. The molecule has 1 saturated heterocycles. The molecule has 0 atom stereocenters. The Morgan fingerprint density at radius 2 is 1.81 bits per heavy atom. The zero-order chi connectivity index (χ0) is 23.3. The Balaban J connectivity index is 1.58. The lowest BCUT2D eigenvalue weighted by Crippen LogP contribution is -2.48. The van der Waals surface area contributed by atoms with Crippen molar-refractivity contribution >= 4 is 45.7 Å². The fraction of sp³-hybridized carbons (Fsp3) is 0.409. The van der Waals surface area contributed by atoms with Gasteiger partial charge in [0.25, 0.3) is 5.91 Å². The van der Waals surface area contributed by atoms with Gasteiger partial charge in [-0.3, -0.25) is 19.4 Å². The van der Waals surface area contributed by atoms with Crippen molar-refractivity contribution in [3.63, 3.8) is 0 Å². The first kappa shape index (κ1) is 24.2. The number of rotatable bonds is 8. The summed E-state index contributed by atoms with van der Waals surface area (Å²) in [6.07, 6.45) is 0. The summed E-state index contributed by atoms with van der Waals surface area (Å²) in [7, 11) is 0. The van der Waals surface area contributed by atoms with Crippen molar-refractivity contribution in [3.8, 4) is 0 Å². The molecule has 32 heavy (non-hydrogen) atoms. The van der Waals surface area contributed by atoms with Crippen LogP contribution in [-0.2, 0) is 16.1 Å². The summed E-state index contributed by atoms with van der Waals surface area (Å²) in [5, 5.41) is 3.82. The van der Waals surface area contributed by atoms with Crippen molar-refractivity contribution in [2.75, 3.05) is 44.6 Å². The minimum atomic E-state index is -0.645. The molecule has 0 unspecified atom stereocenters. The van der Waals surface area contributed by atoms with Crippen LogP contribution in [0.1, 0.15) is 38.1 Å². The number of benzene rings is 1. The van der Waals surface area contributed by atoms with Gasteiger partial charge >= 0.3 is 5.97 Å². The van der Waals surface area contributed by atoms with E-state index in [0.29, 0.717) is 5.56 Å². The molecule has 0 aliphatic carbocycles. The number of hydrogen-bond acceptors (Lipinski definition) is 7. The fourth-order valence-corrected chi connectivity index (χ4v) is 4.89. The van der Waals surface area contributed by atoms with Crippen LogP contribution < -0.4 is 11.1 Å². The Morgan fingerprint density at radius 1 is 1.16 bits per heavy atom. The lowest BCUT2D eigenvalue weighted by Gasteiger charge is -2.34. The standard InChI is InChI=1S/C22H27ClN4O4S/c1-3-31-22(30)18-14(2)19(20(24)29)32-21(18)25-17(28)13-27-10-8-26(9-11-27)12-15-6-4-5-7-16(15)23/h4-7H,3,8-13H2,1-2H3,(H2,24,29)(H,25,28). The molecule has 0 bridgehead atoms. The number of carbonyl (C=O) groups is 3. The summed E-state index contributed by atoms with van der Waals surface area (Å²) < 4.78 is 5.08. The Bertz CT molecular complexity index is 1000. The monoisotopic (exact) mass is 478 g/mol. The fourth-order valence-electron chi connectivity index (χ4n) is 3.63. The number of nitrogens with one attached hydrogen (secondary N) is 1. The Morgan fingerprint density at radius 3 is 2.44 bits per heavy atom. The van der Waals surface area contributed by atoms with Crippen LogP contribution in [0.4, 0.5) is 5.00 Å². The summed E-state index contributed by atoms with van der Waals surface area (Å²) in [5.41, 5.74) is 7.11. The second-order valence-corrected chi connectivity index (χ2v) is 8.96. The predicted octanol–water partition coefficient (Wildman–Crippen LogP) is 2.74. The van der Waals surface area contributed by atoms with Crippen LogP contribution in [0.5, 0.6) is 0 Å². The zero-order valence-corrected chi connectivity index (χ0v) is 19.7. The van der Waals surface area contributed by atoms with Gasteiger partial charge in [-0.25, -0.2) is 4.79 Å². The van der Waals surface area contributed by atoms with Crippen LogP contribution in [-0.4, -0.2) is 66.9 Å². The minimum Gasteiger partial charge on any atom is -0.462 e. The Hall–Kier alpha value is -2.46. The first-order valence-corrected chi connectivity index (χ1v) is 11.6. The molecule has 3 rings (SSSR count). The molecule has 8 nitrogen and oxygen atoms in total. The molecule has 2 aromatic rings. The lowest BCUT2D eigenvalue weighted by atomic mass is 10.1. The zero-order valence-electron chi connectivity index (χ0n) is 18.2. The smallest absolute Gasteiger partial charge is 0.341 e. The molecular formula is C22H27ClN4O4S. The highest BCUT2D eigenvalue weighted by molar-refractivity contribution is 7.18. The average Bonchev–Trinajstić information content (AvgIpc) is 3.07. The van der Waals surface area contributed by atoms with E-state index in [9.17, 15) is 14.4 Å². The van der Waals surface area contributed by atoms with Gasteiger partial charge in [0.15, 0.2) is 0 Å². The van der Waals surface area contributed by atoms with E-state index in [4.69, 9.17) is 22.1 Å². The average molecular weight is 479 g/mol. The third kappa shape index (κ3) is 5.86. The van der Waals surface area contributed by atoms with Gasteiger partial charge in [-0.05, 0) is 31.0 Å². The highest BCUT2D eigenvalue weighted by atomic mass is 35.5. The van der Waals surface area contributed by atoms with E-state index in [1.807, 2.05) is 24.3 Å². The summed E-state index contributed by atoms with van der Waals surface area (Å²) in [4.78, 5) is 41.3. The number of piperazine rings is 1. The van der Waals surface area contributed by atoms with E-state index in [1.165, 1.54) is 0 Å². The van der Waals surface area contributed by atoms with E-state index in [0.717, 1.165) is 54.6 Å². The largest absolute Gasteiger partial charge is 0.462 e. The summed E-state index contributed by atoms with van der Waals surface area (Å²) in [5.74, 6) is -1.49. The maximum absolute atomic E-state index is 12.7. The molecule has 1 aliphatic heterocycles. The summed E-state index contributed by atoms with van der Waals surface area (Å²) in [6.45, 7) is 7.56. The third-order valence-corrected chi connectivity index (χ3v) is 6.88.